The minimum atomic E-state index is -4.26. The standard InChI is InChI=1S/C38H38F3N7OS/c1-4-34(49)45-28-8-5-26(6-9-28)11-14-48-29(20-42)17-31-24(2)27(7-10-33(31)48)21-46-15-12-37(22-46)13-16-47(23-37)35-32-18-30(19-38(39,40)41)50-36(32)44-25(3)43-35/h4-10,17-18H,1,11-16,19,21-23H2,2-3H3,(H,45,49). The summed E-state index contributed by atoms with van der Waals surface area (Å²) in [4.78, 5) is 26.4. The number of carbonyl (C=O) groups excluding carboxylic acids is 1. The van der Waals surface area contributed by atoms with Gasteiger partial charge in [-0.25, -0.2) is 9.97 Å². The number of thiophene rings is 1. The number of aryl methyl sites for hydroxylation is 4. The zero-order valence-electron chi connectivity index (χ0n) is 28.1. The molecule has 258 valence electrons. The highest BCUT2D eigenvalue weighted by molar-refractivity contribution is 7.18. The van der Waals surface area contributed by atoms with Crippen LogP contribution in [0.3, 0.4) is 0 Å². The predicted molar refractivity (Wildman–Crippen MR) is 191 cm³/mol. The second-order valence-corrected chi connectivity index (χ2v) is 14.8. The first-order chi connectivity index (χ1) is 23.9. The van der Waals surface area contributed by atoms with E-state index in [9.17, 15) is 23.2 Å². The van der Waals surface area contributed by atoms with Gasteiger partial charge in [-0.15, -0.1) is 11.3 Å². The molecule has 2 saturated heterocycles. The molecular formula is C38H38F3N7OS. The fourth-order valence-electron chi connectivity index (χ4n) is 7.65. The van der Waals surface area contributed by atoms with Gasteiger partial charge in [0.1, 0.15) is 28.2 Å². The Bertz CT molecular complexity index is 2150. The average Bonchev–Trinajstić information content (AvgIpc) is 3.86. The number of likely N-dealkylation sites (tertiary alicyclic amines) is 1. The van der Waals surface area contributed by atoms with Crippen molar-refractivity contribution in [3.63, 3.8) is 0 Å². The molecular weight excluding hydrogens is 660 g/mol. The number of hydrogen-bond donors (Lipinski definition) is 1. The van der Waals surface area contributed by atoms with Gasteiger partial charge in [-0.05, 0) is 92.8 Å². The molecule has 2 aromatic carbocycles. The topological polar surface area (TPSA) is 90.1 Å². The van der Waals surface area contributed by atoms with E-state index in [0.717, 1.165) is 85.6 Å². The Morgan fingerprint density at radius 2 is 1.86 bits per heavy atom. The highest BCUT2D eigenvalue weighted by Crippen LogP contribution is 2.44. The van der Waals surface area contributed by atoms with Gasteiger partial charge in [0.2, 0.25) is 5.91 Å². The molecule has 1 amide bonds. The summed E-state index contributed by atoms with van der Waals surface area (Å²) in [5.74, 6) is 1.07. The third-order valence-electron chi connectivity index (χ3n) is 10.2. The van der Waals surface area contributed by atoms with E-state index in [4.69, 9.17) is 4.98 Å². The summed E-state index contributed by atoms with van der Waals surface area (Å²) in [6.45, 7) is 12.4. The number of nitriles is 1. The van der Waals surface area contributed by atoms with Crippen LogP contribution in [-0.2, 0) is 30.7 Å². The number of aromatic nitrogens is 3. The van der Waals surface area contributed by atoms with Crippen molar-refractivity contribution in [2.24, 2.45) is 5.41 Å². The fraction of sp³-hybridized carbons (Fsp3) is 0.368. The molecule has 2 fully saturated rings. The van der Waals surface area contributed by atoms with Crippen molar-refractivity contribution >= 4 is 49.9 Å². The van der Waals surface area contributed by atoms with Gasteiger partial charge in [0, 0.05) is 59.6 Å². The zero-order chi connectivity index (χ0) is 35.2. The minimum Gasteiger partial charge on any atom is -0.355 e. The second kappa shape index (κ2) is 13.2. The Balaban J connectivity index is 1.03. The fourth-order valence-corrected chi connectivity index (χ4v) is 8.75. The summed E-state index contributed by atoms with van der Waals surface area (Å²) in [5.41, 5.74) is 6.01. The van der Waals surface area contributed by atoms with Gasteiger partial charge in [0.05, 0.1) is 11.8 Å². The second-order valence-electron chi connectivity index (χ2n) is 13.7. The highest BCUT2D eigenvalue weighted by Gasteiger charge is 2.44. The van der Waals surface area contributed by atoms with E-state index < -0.39 is 12.6 Å². The maximum absolute atomic E-state index is 13.1. The molecule has 7 rings (SSSR count). The third-order valence-corrected chi connectivity index (χ3v) is 11.2. The van der Waals surface area contributed by atoms with Gasteiger partial charge in [-0.1, -0.05) is 24.8 Å². The van der Waals surface area contributed by atoms with E-state index in [1.807, 2.05) is 30.3 Å². The van der Waals surface area contributed by atoms with Crippen molar-refractivity contribution in [2.45, 2.75) is 58.8 Å². The summed E-state index contributed by atoms with van der Waals surface area (Å²) in [6, 6.07) is 18.0. The van der Waals surface area contributed by atoms with Crippen molar-refractivity contribution in [1.29, 1.82) is 5.26 Å². The van der Waals surface area contributed by atoms with Gasteiger partial charge in [-0.2, -0.15) is 18.4 Å². The summed E-state index contributed by atoms with van der Waals surface area (Å²) in [7, 11) is 0. The van der Waals surface area contributed by atoms with E-state index >= 15 is 0 Å². The van der Waals surface area contributed by atoms with E-state index in [-0.39, 0.29) is 16.2 Å². The molecule has 0 radical (unpaired) electrons. The van der Waals surface area contributed by atoms with Crippen LogP contribution in [-0.4, -0.2) is 57.7 Å². The van der Waals surface area contributed by atoms with Crippen molar-refractivity contribution in [1.82, 2.24) is 19.4 Å². The number of carbonyl (C=O) groups is 1. The lowest BCUT2D eigenvalue weighted by atomic mass is 9.86. The average molecular weight is 698 g/mol. The SMILES string of the molecule is C=CC(=O)Nc1ccc(CCn2c(C#N)cc3c(C)c(CN4CCC5(CCN(c6nc(C)nc7sc(CC(F)(F)F)cc67)C5)C4)ccc32)cc1. The predicted octanol–water partition coefficient (Wildman–Crippen LogP) is 7.71. The van der Waals surface area contributed by atoms with E-state index in [1.54, 1.807) is 13.0 Å². The van der Waals surface area contributed by atoms with Crippen LogP contribution in [0.2, 0.25) is 0 Å². The van der Waals surface area contributed by atoms with Gasteiger partial charge in [0.25, 0.3) is 0 Å². The van der Waals surface area contributed by atoms with Crippen molar-refractivity contribution in [3.05, 3.63) is 94.3 Å². The maximum Gasteiger partial charge on any atom is 0.393 e. The van der Waals surface area contributed by atoms with Crippen LogP contribution in [0.25, 0.3) is 21.1 Å². The molecule has 2 aliphatic rings. The molecule has 5 heterocycles. The summed E-state index contributed by atoms with van der Waals surface area (Å²) >= 11 is 1.11. The van der Waals surface area contributed by atoms with Crippen LogP contribution < -0.4 is 10.2 Å². The Labute approximate surface area is 292 Å². The lowest BCUT2D eigenvalue weighted by molar-refractivity contribution is -0.126. The number of anilines is 2. The summed E-state index contributed by atoms with van der Waals surface area (Å²) in [5, 5.41) is 14.6. The number of nitrogens with zero attached hydrogens (tertiary/aromatic N) is 6. The van der Waals surface area contributed by atoms with Crippen LogP contribution in [0.15, 0.2) is 61.2 Å². The lowest BCUT2D eigenvalue weighted by Gasteiger charge is -2.26. The monoisotopic (exact) mass is 697 g/mol. The molecule has 1 spiro atoms. The first kappa shape index (κ1) is 33.8. The highest BCUT2D eigenvalue weighted by atomic mass is 32.1. The van der Waals surface area contributed by atoms with Crippen molar-refractivity contribution < 1.29 is 18.0 Å². The Morgan fingerprint density at radius 1 is 1.08 bits per heavy atom. The molecule has 1 atom stereocenters. The first-order valence-corrected chi connectivity index (χ1v) is 17.6. The number of hydrogen-bond acceptors (Lipinski definition) is 7. The Hall–Kier alpha value is -4.73. The number of nitrogens with one attached hydrogen (secondary N) is 1. The number of benzene rings is 2. The van der Waals surface area contributed by atoms with Crippen LogP contribution in [0, 0.1) is 30.6 Å². The van der Waals surface area contributed by atoms with Crippen LogP contribution in [0.1, 0.15) is 45.9 Å². The molecule has 0 bridgehead atoms. The first-order valence-electron chi connectivity index (χ1n) is 16.8. The van der Waals surface area contributed by atoms with E-state index in [1.165, 1.54) is 17.2 Å². The normalized spacial score (nSPS) is 18.0. The smallest absolute Gasteiger partial charge is 0.355 e. The van der Waals surface area contributed by atoms with Gasteiger partial charge >= 0.3 is 6.18 Å². The van der Waals surface area contributed by atoms with Crippen LogP contribution in [0.5, 0.6) is 0 Å². The maximum atomic E-state index is 13.1. The number of rotatable bonds is 9. The largest absolute Gasteiger partial charge is 0.393 e. The molecule has 50 heavy (non-hydrogen) atoms. The third kappa shape index (κ3) is 6.85. The van der Waals surface area contributed by atoms with Crippen LogP contribution in [0.4, 0.5) is 24.7 Å². The van der Waals surface area contributed by atoms with Crippen molar-refractivity contribution in [2.75, 3.05) is 36.4 Å². The number of halogens is 3. The number of fused-ring (bicyclic) bond motifs is 2. The summed E-state index contributed by atoms with van der Waals surface area (Å²) < 4.78 is 41.5. The Kier molecular flexibility index (Phi) is 8.90. The van der Waals surface area contributed by atoms with Gasteiger partial charge < -0.3 is 14.8 Å². The van der Waals surface area contributed by atoms with Crippen molar-refractivity contribution in [3.8, 4) is 6.07 Å². The molecule has 0 saturated carbocycles. The molecule has 12 heteroatoms. The number of alkyl halides is 3. The molecule has 8 nitrogen and oxygen atoms in total. The zero-order valence-corrected chi connectivity index (χ0v) is 28.9. The minimum absolute atomic E-state index is 0.0980. The lowest BCUT2D eigenvalue weighted by Crippen LogP contribution is -2.31. The molecule has 1 unspecified atom stereocenters. The van der Waals surface area contributed by atoms with Gasteiger partial charge in [0.15, 0.2) is 0 Å². The molecule has 2 aliphatic heterocycles. The Morgan fingerprint density at radius 3 is 2.60 bits per heavy atom. The molecule has 1 N–H and O–H groups in total. The quantitative estimate of drug-likeness (QED) is 0.159. The molecule has 3 aromatic heterocycles. The van der Waals surface area contributed by atoms with Crippen LogP contribution >= 0.6 is 11.3 Å². The number of amides is 1. The molecule has 5 aromatic rings. The molecule has 0 aliphatic carbocycles. The van der Waals surface area contributed by atoms with E-state index in [2.05, 4.69) is 56.4 Å². The van der Waals surface area contributed by atoms with E-state index in [0.29, 0.717) is 34.0 Å². The summed E-state index contributed by atoms with van der Waals surface area (Å²) in [6.07, 6.45) is -1.18. The van der Waals surface area contributed by atoms with Gasteiger partial charge in [-0.3, -0.25) is 9.69 Å².